The third-order valence-electron chi connectivity index (χ3n) is 12.1. The predicted octanol–water partition coefficient (Wildman–Crippen LogP) is 13.3. The van der Waals surface area contributed by atoms with E-state index in [9.17, 15) is 0 Å². The van der Waals surface area contributed by atoms with Crippen LogP contribution in [0.25, 0.3) is 33.0 Å². The van der Waals surface area contributed by atoms with Gasteiger partial charge in [-0.05, 0) is 97.2 Å². The fourth-order valence-electron chi connectivity index (χ4n) is 9.57. The Morgan fingerprint density at radius 1 is 0.500 bits per heavy atom. The molecule has 0 fully saturated rings. The minimum absolute atomic E-state index is 0.537. The third kappa shape index (κ3) is 5.17. The lowest BCUT2D eigenvalue weighted by molar-refractivity contribution is 0.753. The van der Waals surface area contributed by atoms with Crippen molar-refractivity contribution in [3.8, 4) is 22.3 Å². The summed E-state index contributed by atoms with van der Waals surface area (Å²) in [5.41, 5.74) is 24.4. The van der Waals surface area contributed by atoms with E-state index in [1.54, 1.807) is 0 Å². The molecule has 0 unspecified atom stereocenters. The highest BCUT2D eigenvalue weighted by molar-refractivity contribution is 6.15. The molecular formula is C55H39N3. The molecule has 9 aromatic rings. The van der Waals surface area contributed by atoms with E-state index in [4.69, 9.17) is 10.7 Å². The van der Waals surface area contributed by atoms with Gasteiger partial charge in [0.05, 0.1) is 29.0 Å². The van der Waals surface area contributed by atoms with E-state index in [2.05, 4.69) is 175 Å². The van der Waals surface area contributed by atoms with E-state index in [-0.39, 0.29) is 0 Å². The van der Waals surface area contributed by atoms with Crippen molar-refractivity contribution in [3.05, 3.63) is 251 Å². The second-order valence-corrected chi connectivity index (χ2v) is 15.2. The number of anilines is 4. The van der Waals surface area contributed by atoms with E-state index >= 15 is 0 Å². The van der Waals surface area contributed by atoms with Crippen LogP contribution in [0, 0.1) is 0 Å². The maximum Gasteiger partial charge on any atom is 0.0754 e. The van der Waals surface area contributed by atoms with E-state index in [1.165, 1.54) is 66.7 Å². The predicted molar refractivity (Wildman–Crippen MR) is 242 cm³/mol. The maximum absolute atomic E-state index is 6.46. The van der Waals surface area contributed by atoms with Crippen molar-refractivity contribution in [2.45, 2.75) is 12.0 Å². The first-order valence-corrected chi connectivity index (χ1v) is 20.0. The molecule has 2 aliphatic rings. The topological polar surface area (TPSA) is 41.6 Å². The molecule has 58 heavy (non-hydrogen) atoms. The van der Waals surface area contributed by atoms with Crippen LogP contribution in [0.2, 0.25) is 0 Å². The van der Waals surface area contributed by atoms with Crippen LogP contribution in [-0.4, -0.2) is 5.71 Å². The van der Waals surface area contributed by atoms with Gasteiger partial charge in [-0.15, -0.1) is 0 Å². The van der Waals surface area contributed by atoms with Crippen molar-refractivity contribution in [2.75, 3.05) is 10.6 Å². The van der Waals surface area contributed by atoms with E-state index in [0.717, 1.165) is 33.8 Å². The van der Waals surface area contributed by atoms with Crippen LogP contribution in [0.5, 0.6) is 0 Å². The largest absolute Gasteiger partial charge is 0.398 e. The van der Waals surface area contributed by atoms with Crippen LogP contribution in [0.15, 0.2) is 217 Å². The number of aliphatic imine (C=N–C) groups is 1. The van der Waals surface area contributed by atoms with Crippen LogP contribution >= 0.6 is 0 Å². The Bertz CT molecular complexity index is 2990. The highest BCUT2D eigenvalue weighted by atomic mass is 15.2. The molecule has 3 heteroatoms. The number of nitrogens with zero attached hydrogens (tertiary/aromatic N) is 2. The molecule has 0 bridgehead atoms. The Labute approximate surface area is 339 Å². The number of rotatable bonds is 6. The average Bonchev–Trinajstić information content (AvgIpc) is 3.58. The molecule has 1 aliphatic heterocycles. The van der Waals surface area contributed by atoms with Gasteiger partial charge in [-0.25, -0.2) is 0 Å². The molecule has 1 heterocycles. The number of hydrogen-bond acceptors (Lipinski definition) is 3. The van der Waals surface area contributed by atoms with Crippen LogP contribution in [0.3, 0.4) is 0 Å². The smallest absolute Gasteiger partial charge is 0.0754 e. The lowest BCUT2D eigenvalue weighted by Crippen LogP contribution is -2.36. The molecule has 3 nitrogen and oxygen atoms in total. The zero-order chi connectivity index (χ0) is 38.6. The second-order valence-electron chi connectivity index (χ2n) is 15.2. The van der Waals surface area contributed by atoms with Gasteiger partial charge >= 0.3 is 0 Å². The van der Waals surface area contributed by atoms with Crippen molar-refractivity contribution >= 4 is 39.2 Å². The van der Waals surface area contributed by atoms with E-state index in [1.807, 2.05) is 42.5 Å². The number of para-hydroxylation sites is 4. The summed E-state index contributed by atoms with van der Waals surface area (Å²) in [4.78, 5) is 7.59. The molecular weight excluding hydrogens is 703 g/mol. The minimum atomic E-state index is -0.537. The molecule has 9 aromatic carbocycles. The van der Waals surface area contributed by atoms with Crippen molar-refractivity contribution in [3.63, 3.8) is 0 Å². The zero-order valence-corrected chi connectivity index (χ0v) is 31.9. The summed E-state index contributed by atoms with van der Waals surface area (Å²) in [5.74, 6) is 0. The molecule has 0 amide bonds. The normalized spacial score (nSPS) is 13.5. The number of benzene rings is 9. The fraction of sp³-hybridized carbons (Fsp3) is 0.0364. The summed E-state index contributed by atoms with van der Waals surface area (Å²) >= 11 is 0. The highest BCUT2D eigenvalue weighted by Gasteiger charge is 2.52. The Morgan fingerprint density at radius 2 is 1.12 bits per heavy atom. The van der Waals surface area contributed by atoms with Crippen molar-refractivity contribution in [2.24, 2.45) is 4.99 Å². The zero-order valence-electron chi connectivity index (χ0n) is 31.9. The average molecular weight is 742 g/mol. The van der Waals surface area contributed by atoms with E-state index in [0.29, 0.717) is 6.54 Å². The standard InChI is InChI=1S/C55H39N3/c56-50-24-12-9-21-45(50)54(40-16-3-1-4-17-40)57-36-37-27-29-38(30-28-37)41-31-33-44-49(35-41)55(48-34-32-39-15-7-8-20-43(39)53(44)48)46-22-10-13-25-51(46)58(42-18-5-2-6-19-42)52-26-14-11-23-47(52)55/h1-35H,36,56H2. The van der Waals surface area contributed by atoms with Crippen LogP contribution in [0.4, 0.5) is 22.7 Å². The molecule has 274 valence electrons. The molecule has 1 aliphatic carbocycles. The summed E-state index contributed by atoms with van der Waals surface area (Å²) in [6.07, 6.45) is 0. The molecule has 0 radical (unpaired) electrons. The summed E-state index contributed by atoms with van der Waals surface area (Å²) in [7, 11) is 0. The Balaban J connectivity index is 1.07. The molecule has 0 aromatic heterocycles. The summed E-state index contributed by atoms with van der Waals surface area (Å²) in [5, 5.41) is 2.53. The molecule has 0 saturated carbocycles. The minimum Gasteiger partial charge on any atom is -0.398 e. The first kappa shape index (κ1) is 33.8. The van der Waals surface area contributed by atoms with Crippen LogP contribution in [0.1, 0.15) is 38.9 Å². The van der Waals surface area contributed by atoms with Gasteiger partial charge in [-0.3, -0.25) is 4.99 Å². The molecule has 0 saturated heterocycles. The molecule has 0 atom stereocenters. The van der Waals surface area contributed by atoms with Crippen molar-refractivity contribution in [1.29, 1.82) is 0 Å². The Kier molecular flexibility index (Phi) is 7.94. The maximum atomic E-state index is 6.46. The van der Waals surface area contributed by atoms with Crippen molar-refractivity contribution < 1.29 is 0 Å². The van der Waals surface area contributed by atoms with Gasteiger partial charge in [0.15, 0.2) is 0 Å². The third-order valence-corrected chi connectivity index (χ3v) is 12.1. The Hall–Kier alpha value is -7.49. The summed E-state index contributed by atoms with van der Waals surface area (Å²) < 4.78 is 0. The number of nitrogen functional groups attached to an aromatic ring is 1. The number of fused-ring (bicyclic) bond motifs is 11. The Morgan fingerprint density at radius 3 is 1.86 bits per heavy atom. The molecule has 11 rings (SSSR count). The van der Waals surface area contributed by atoms with Gasteiger partial charge in [0, 0.05) is 22.5 Å². The van der Waals surface area contributed by atoms with Gasteiger partial charge in [0.2, 0.25) is 0 Å². The quantitative estimate of drug-likeness (QED) is 0.136. The van der Waals surface area contributed by atoms with Gasteiger partial charge in [-0.1, -0.05) is 176 Å². The second kappa shape index (κ2) is 13.6. The highest BCUT2D eigenvalue weighted by Crippen LogP contribution is 2.64. The first-order valence-electron chi connectivity index (χ1n) is 20.0. The number of nitrogens with two attached hydrogens (primary N) is 1. The van der Waals surface area contributed by atoms with Gasteiger partial charge in [-0.2, -0.15) is 0 Å². The van der Waals surface area contributed by atoms with Crippen LogP contribution < -0.4 is 10.6 Å². The number of hydrogen-bond donors (Lipinski definition) is 1. The van der Waals surface area contributed by atoms with Crippen molar-refractivity contribution in [1.82, 2.24) is 0 Å². The molecule has 2 N–H and O–H groups in total. The van der Waals surface area contributed by atoms with Gasteiger partial charge in [0.25, 0.3) is 0 Å². The van der Waals surface area contributed by atoms with Gasteiger partial charge in [0.1, 0.15) is 0 Å². The van der Waals surface area contributed by atoms with Crippen LogP contribution in [-0.2, 0) is 12.0 Å². The lowest BCUT2D eigenvalue weighted by Gasteiger charge is -2.45. The SMILES string of the molecule is Nc1ccccc1C(=NCc1ccc(-c2ccc3c(c2)C2(c4ccccc4N(c4ccccc4)c4ccccc42)c2ccc4ccccc4c2-3)cc1)c1ccccc1. The monoisotopic (exact) mass is 741 g/mol. The molecule has 1 spiro atoms. The van der Waals surface area contributed by atoms with E-state index < -0.39 is 5.41 Å². The first-order chi connectivity index (χ1) is 28.7. The lowest BCUT2D eigenvalue weighted by atomic mass is 9.64. The summed E-state index contributed by atoms with van der Waals surface area (Å²) in [6, 6.07) is 76.7. The van der Waals surface area contributed by atoms with Gasteiger partial charge < -0.3 is 10.6 Å². The summed E-state index contributed by atoms with van der Waals surface area (Å²) in [6.45, 7) is 0.542. The fourth-order valence-corrected chi connectivity index (χ4v) is 9.57.